The van der Waals surface area contributed by atoms with Crippen molar-refractivity contribution in [1.82, 2.24) is 5.32 Å². The Morgan fingerprint density at radius 2 is 2.10 bits per heavy atom. The maximum Gasteiger partial charge on any atom is 0.124 e. The Balaban J connectivity index is 1.69. The maximum absolute atomic E-state index is 5.41. The summed E-state index contributed by atoms with van der Waals surface area (Å²) < 4.78 is 10.7. The second-order valence-electron chi connectivity index (χ2n) is 6.67. The van der Waals surface area contributed by atoms with Crippen molar-refractivity contribution in [2.75, 3.05) is 14.2 Å². The summed E-state index contributed by atoms with van der Waals surface area (Å²) in [5, 5.41) is 3.85. The highest BCUT2D eigenvalue weighted by Gasteiger charge is 2.39. The van der Waals surface area contributed by atoms with E-state index in [1.54, 1.807) is 14.2 Å². The lowest BCUT2D eigenvalue weighted by molar-refractivity contribution is 0.181. The van der Waals surface area contributed by atoms with Gasteiger partial charge in [-0.3, -0.25) is 0 Å². The molecule has 3 nitrogen and oxygen atoms in total. The Hall–Kier alpha value is -1.06. The molecule has 0 aromatic heterocycles. The molecular formula is C18H27NO2. The smallest absolute Gasteiger partial charge is 0.124 e. The molecule has 0 amide bonds. The lowest BCUT2D eigenvalue weighted by Gasteiger charge is -2.27. The van der Waals surface area contributed by atoms with Crippen LogP contribution < -0.4 is 10.1 Å². The van der Waals surface area contributed by atoms with Crippen molar-refractivity contribution in [1.29, 1.82) is 0 Å². The molecule has 2 fully saturated rings. The van der Waals surface area contributed by atoms with Gasteiger partial charge in [-0.15, -0.1) is 0 Å². The predicted molar refractivity (Wildman–Crippen MR) is 84.5 cm³/mol. The van der Waals surface area contributed by atoms with Crippen molar-refractivity contribution >= 4 is 0 Å². The van der Waals surface area contributed by atoms with E-state index in [4.69, 9.17) is 9.47 Å². The Morgan fingerprint density at radius 1 is 1.24 bits per heavy atom. The topological polar surface area (TPSA) is 30.5 Å². The first kappa shape index (κ1) is 14.9. The van der Waals surface area contributed by atoms with Crippen molar-refractivity contribution in [2.45, 2.75) is 51.3 Å². The molecule has 0 aliphatic heterocycles. The molecule has 4 atom stereocenters. The number of hydrogen-bond acceptors (Lipinski definition) is 3. The number of benzene rings is 1. The summed E-state index contributed by atoms with van der Waals surface area (Å²) in [6.07, 6.45) is 5.70. The first-order valence-corrected chi connectivity index (χ1v) is 8.13. The Labute approximate surface area is 128 Å². The van der Waals surface area contributed by atoms with Crippen LogP contribution in [0, 0.1) is 11.8 Å². The van der Waals surface area contributed by atoms with Crippen LogP contribution in [0.15, 0.2) is 18.2 Å². The maximum atomic E-state index is 5.41. The van der Waals surface area contributed by atoms with Crippen molar-refractivity contribution < 1.29 is 9.47 Å². The van der Waals surface area contributed by atoms with E-state index < -0.39 is 0 Å². The number of methoxy groups -OCH3 is 2. The SMILES string of the molecule is COCc1cc(C(C)NC2CC3CCC2C3)ccc1OC. The highest BCUT2D eigenvalue weighted by molar-refractivity contribution is 5.38. The van der Waals surface area contributed by atoms with Crippen LogP contribution in [-0.2, 0) is 11.3 Å². The van der Waals surface area contributed by atoms with Gasteiger partial charge in [-0.05, 0) is 55.7 Å². The Kier molecular flexibility index (Phi) is 4.51. The standard InChI is InChI=1S/C18H27NO2/c1-12(19-17-9-13-4-5-15(17)8-13)14-6-7-18(21-3)16(10-14)11-20-2/h6-7,10,12-13,15,17,19H,4-5,8-9,11H2,1-3H3. The van der Waals surface area contributed by atoms with Crippen LogP contribution in [-0.4, -0.2) is 20.3 Å². The van der Waals surface area contributed by atoms with Crippen molar-refractivity contribution in [3.63, 3.8) is 0 Å². The van der Waals surface area contributed by atoms with E-state index in [0.717, 1.165) is 23.1 Å². The monoisotopic (exact) mass is 289 g/mol. The molecule has 2 aliphatic carbocycles. The molecule has 21 heavy (non-hydrogen) atoms. The average Bonchev–Trinajstić information content (AvgIpc) is 3.10. The Bertz CT molecular complexity index is 488. The summed E-state index contributed by atoms with van der Waals surface area (Å²) in [6, 6.07) is 7.54. The van der Waals surface area contributed by atoms with Gasteiger partial charge in [0.1, 0.15) is 5.75 Å². The number of rotatable bonds is 6. The van der Waals surface area contributed by atoms with Gasteiger partial charge in [-0.2, -0.15) is 0 Å². The van der Waals surface area contributed by atoms with E-state index in [0.29, 0.717) is 18.7 Å². The quantitative estimate of drug-likeness (QED) is 0.866. The van der Waals surface area contributed by atoms with E-state index in [9.17, 15) is 0 Å². The minimum atomic E-state index is 0.385. The van der Waals surface area contributed by atoms with Gasteiger partial charge in [-0.25, -0.2) is 0 Å². The molecule has 0 heterocycles. The number of hydrogen-bond donors (Lipinski definition) is 1. The largest absolute Gasteiger partial charge is 0.496 e. The van der Waals surface area contributed by atoms with Gasteiger partial charge in [0.2, 0.25) is 0 Å². The van der Waals surface area contributed by atoms with Crippen LogP contribution in [0.2, 0.25) is 0 Å². The van der Waals surface area contributed by atoms with E-state index >= 15 is 0 Å². The molecule has 116 valence electrons. The first-order chi connectivity index (χ1) is 10.2. The fourth-order valence-electron chi connectivity index (χ4n) is 4.20. The highest BCUT2D eigenvalue weighted by Crippen LogP contribution is 2.45. The lowest BCUT2D eigenvalue weighted by atomic mass is 9.94. The van der Waals surface area contributed by atoms with Crippen molar-refractivity contribution in [3.8, 4) is 5.75 Å². The van der Waals surface area contributed by atoms with Gasteiger partial charge in [-0.1, -0.05) is 12.5 Å². The minimum Gasteiger partial charge on any atom is -0.496 e. The molecule has 2 aliphatic rings. The highest BCUT2D eigenvalue weighted by atomic mass is 16.5. The van der Waals surface area contributed by atoms with E-state index in [1.807, 2.05) is 0 Å². The predicted octanol–water partition coefficient (Wildman–Crippen LogP) is 3.68. The van der Waals surface area contributed by atoms with E-state index in [2.05, 4.69) is 30.4 Å². The van der Waals surface area contributed by atoms with E-state index in [1.165, 1.54) is 31.2 Å². The van der Waals surface area contributed by atoms with E-state index in [-0.39, 0.29) is 0 Å². The second-order valence-corrected chi connectivity index (χ2v) is 6.67. The van der Waals surface area contributed by atoms with Crippen LogP contribution in [0.1, 0.15) is 49.8 Å². The molecule has 0 radical (unpaired) electrons. The summed E-state index contributed by atoms with van der Waals surface area (Å²) >= 11 is 0. The fraction of sp³-hybridized carbons (Fsp3) is 0.667. The number of nitrogens with one attached hydrogen (secondary N) is 1. The van der Waals surface area contributed by atoms with Crippen LogP contribution >= 0.6 is 0 Å². The molecule has 2 bridgehead atoms. The molecule has 0 spiro atoms. The zero-order valence-corrected chi connectivity index (χ0v) is 13.4. The second kappa shape index (κ2) is 6.37. The third kappa shape index (κ3) is 3.09. The third-order valence-electron chi connectivity index (χ3n) is 5.31. The van der Waals surface area contributed by atoms with Crippen LogP contribution in [0.4, 0.5) is 0 Å². The van der Waals surface area contributed by atoms with Gasteiger partial charge in [0.15, 0.2) is 0 Å². The van der Waals surface area contributed by atoms with Gasteiger partial charge in [0.25, 0.3) is 0 Å². The summed E-state index contributed by atoms with van der Waals surface area (Å²) in [7, 11) is 3.44. The number of fused-ring (bicyclic) bond motifs is 2. The van der Waals surface area contributed by atoms with Crippen LogP contribution in [0.25, 0.3) is 0 Å². The molecule has 1 aromatic rings. The first-order valence-electron chi connectivity index (χ1n) is 8.13. The summed E-state index contributed by atoms with van der Waals surface area (Å²) in [4.78, 5) is 0. The van der Waals surface area contributed by atoms with Gasteiger partial charge < -0.3 is 14.8 Å². The molecule has 3 rings (SSSR count). The molecular weight excluding hydrogens is 262 g/mol. The molecule has 0 saturated heterocycles. The number of ether oxygens (including phenoxy) is 2. The Morgan fingerprint density at radius 3 is 2.71 bits per heavy atom. The summed E-state index contributed by atoms with van der Waals surface area (Å²) in [5.41, 5.74) is 2.45. The van der Waals surface area contributed by atoms with Crippen LogP contribution in [0.3, 0.4) is 0 Å². The molecule has 2 saturated carbocycles. The molecule has 1 aromatic carbocycles. The van der Waals surface area contributed by atoms with Gasteiger partial charge in [0.05, 0.1) is 13.7 Å². The molecule has 1 N–H and O–H groups in total. The normalized spacial score (nSPS) is 28.8. The zero-order chi connectivity index (χ0) is 14.8. The fourth-order valence-corrected chi connectivity index (χ4v) is 4.20. The van der Waals surface area contributed by atoms with Crippen molar-refractivity contribution in [2.24, 2.45) is 11.8 Å². The average molecular weight is 289 g/mol. The van der Waals surface area contributed by atoms with Crippen LogP contribution in [0.5, 0.6) is 5.75 Å². The third-order valence-corrected chi connectivity index (χ3v) is 5.31. The van der Waals surface area contributed by atoms with Gasteiger partial charge >= 0.3 is 0 Å². The van der Waals surface area contributed by atoms with Gasteiger partial charge in [0, 0.05) is 24.8 Å². The molecule has 4 unspecified atom stereocenters. The lowest BCUT2D eigenvalue weighted by Crippen LogP contribution is -2.35. The summed E-state index contributed by atoms with van der Waals surface area (Å²) in [6.45, 7) is 2.86. The van der Waals surface area contributed by atoms with Crippen molar-refractivity contribution in [3.05, 3.63) is 29.3 Å². The zero-order valence-electron chi connectivity index (χ0n) is 13.4. The minimum absolute atomic E-state index is 0.385. The molecule has 3 heteroatoms. The summed E-state index contributed by atoms with van der Waals surface area (Å²) in [5.74, 6) is 2.81.